The second-order valence-corrected chi connectivity index (χ2v) is 4.53. The van der Waals surface area contributed by atoms with Gasteiger partial charge in [-0.3, -0.25) is 9.78 Å². The second-order valence-electron chi connectivity index (χ2n) is 4.53. The Balaban J connectivity index is 2.09. The first-order chi connectivity index (χ1) is 9.08. The normalized spacial score (nSPS) is 14.1. The van der Waals surface area contributed by atoms with Gasteiger partial charge in [0.25, 0.3) is 5.91 Å². The Labute approximate surface area is 111 Å². The molecule has 0 spiro atoms. The minimum atomic E-state index is -0.652. The monoisotopic (exact) mass is 259 g/mol. The number of benzene rings is 1. The highest BCUT2D eigenvalue weighted by Crippen LogP contribution is 2.13. The molecule has 0 radical (unpaired) electrons. The van der Waals surface area contributed by atoms with Gasteiger partial charge < -0.3 is 16.2 Å². The minimum absolute atomic E-state index is 0.207. The van der Waals surface area contributed by atoms with E-state index in [4.69, 9.17) is 5.73 Å². The van der Waals surface area contributed by atoms with Crippen LogP contribution >= 0.6 is 0 Å². The summed E-state index contributed by atoms with van der Waals surface area (Å²) in [5.41, 5.74) is 7.06. The van der Waals surface area contributed by atoms with Crippen LogP contribution in [0.5, 0.6) is 0 Å². The molecule has 2 rings (SSSR count). The van der Waals surface area contributed by atoms with E-state index in [1.165, 1.54) is 0 Å². The number of carbonyl (C=O) groups excluding carboxylic acids is 1. The van der Waals surface area contributed by atoms with Crippen molar-refractivity contribution in [3.8, 4) is 0 Å². The van der Waals surface area contributed by atoms with Crippen molar-refractivity contribution in [3.05, 3.63) is 42.1 Å². The average Bonchev–Trinajstić information content (AvgIpc) is 2.43. The fourth-order valence-corrected chi connectivity index (χ4v) is 1.70. The zero-order valence-corrected chi connectivity index (χ0v) is 10.7. The summed E-state index contributed by atoms with van der Waals surface area (Å²) in [6.07, 6.45) is 1.06. The van der Waals surface area contributed by atoms with E-state index in [2.05, 4.69) is 10.3 Å². The molecule has 1 heterocycles. The van der Waals surface area contributed by atoms with E-state index in [0.29, 0.717) is 5.56 Å². The summed E-state index contributed by atoms with van der Waals surface area (Å²) in [6, 6.07) is 8.57. The highest BCUT2D eigenvalue weighted by molar-refractivity contribution is 5.97. The lowest BCUT2D eigenvalue weighted by Gasteiger charge is -2.15. The second kappa shape index (κ2) is 5.77. The number of aromatic nitrogens is 1. The molecule has 0 saturated heterocycles. The summed E-state index contributed by atoms with van der Waals surface area (Å²) >= 11 is 0. The average molecular weight is 259 g/mol. The van der Waals surface area contributed by atoms with Crippen molar-refractivity contribution in [3.63, 3.8) is 0 Å². The highest BCUT2D eigenvalue weighted by Gasteiger charge is 2.12. The maximum atomic E-state index is 11.9. The molecule has 1 aromatic heterocycles. The van der Waals surface area contributed by atoms with Gasteiger partial charge in [0.05, 0.1) is 11.6 Å². The van der Waals surface area contributed by atoms with Crippen LogP contribution in [-0.4, -0.2) is 34.7 Å². The molecular weight excluding hydrogens is 242 g/mol. The van der Waals surface area contributed by atoms with Crippen LogP contribution < -0.4 is 11.1 Å². The van der Waals surface area contributed by atoms with Crippen molar-refractivity contribution in [1.82, 2.24) is 10.3 Å². The van der Waals surface area contributed by atoms with Crippen molar-refractivity contribution >= 4 is 16.8 Å². The summed E-state index contributed by atoms with van der Waals surface area (Å²) in [4.78, 5) is 16.1. The van der Waals surface area contributed by atoms with Crippen molar-refractivity contribution in [1.29, 1.82) is 0 Å². The third-order valence-electron chi connectivity index (χ3n) is 2.98. The van der Waals surface area contributed by atoms with Gasteiger partial charge in [-0.05, 0) is 31.2 Å². The fourth-order valence-electron chi connectivity index (χ4n) is 1.70. The molecule has 0 aliphatic rings. The van der Waals surface area contributed by atoms with Crippen LogP contribution in [0.2, 0.25) is 0 Å². The van der Waals surface area contributed by atoms with Crippen LogP contribution in [0.15, 0.2) is 36.5 Å². The maximum absolute atomic E-state index is 11.9. The molecule has 5 heteroatoms. The van der Waals surface area contributed by atoms with E-state index in [-0.39, 0.29) is 12.5 Å². The topological polar surface area (TPSA) is 88.2 Å². The number of pyridine rings is 1. The summed E-state index contributed by atoms with van der Waals surface area (Å²) in [5.74, 6) is -0.207. The predicted molar refractivity (Wildman–Crippen MR) is 73.7 cm³/mol. The summed E-state index contributed by atoms with van der Waals surface area (Å²) < 4.78 is 0. The third-order valence-corrected chi connectivity index (χ3v) is 2.98. The predicted octanol–water partition coefficient (Wildman–Crippen LogP) is 0.673. The first kappa shape index (κ1) is 13.5. The van der Waals surface area contributed by atoms with Crippen molar-refractivity contribution in [2.75, 3.05) is 6.54 Å². The Morgan fingerprint density at radius 3 is 3.00 bits per heavy atom. The first-order valence-corrected chi connectivity index (χ1v) is 6.14. The van der Waals surface area contributed by atoms with Crippen molar-refractivity contribution in [2.45, 2.75) is 19.1 Å². The Morgan fingerprint density at radius 2 is 2.26 bits per heavy atom. The minimum Gasteiger partial charge on any atom is -0.392 e. The zero-order valence-electron chi connectivity index (χ0n) is 10.7. The lowest BCUT2D eigenvalue weighted by molar-refractivity contribution is 0.0937. The number of hydrogen-bond donors (Lipinski definition) is 3. The van der Waals surface area contributed by atoms with Crippen molar-refractivity contribution in [2.24, 2.45) is 5.73 Å². The SMILES string of the molecule is CC(O)C(N)CNC(=O)c1ccc2ncccc2c1. The first-order valence-electron chi connectivity index (χ1n) is 6.14. The molecule has 0 fully saturated rings. The lowest BCUT2D eigenvalue weighted by Crippen LogP contribution is -2.43. The molecule has 4 N–H and O–H groups in total. The van der Waals surface area contributed by atoms with Gasteiger partial charge in [0.2, 0.25) is 0 Å². The summed E-state index contributed by atoms with van der Waals surface area (Å²) in [5, 5.41) is 12.9. The Hall–Kier alpha value is -1.98. The fraction of sp³-hybridized carbons (Fsp3) is 0.286. The molecule has 0 aliphatic heterocycles. The number of aliphatic hydroxyl groups excluding tert-OH is 1. The van der Waals surface area contributed by atoms with Crippen LogP contribution in [-0.2, 0) is 0 Å². The number of rotatable bonds is 4. The van der Waals surface area contributed by atoms with Crippen LogP contribution in [0.25, 0.3) is 10.9 Å². The van der Waals surface area contributed by atoms with Crippen LogP contribution in [0.1, 0.15) is 17.3 Å². The molecule has 0 saturated carbocycles. The lowest BCUT2D eigenvalue weighted by atomic mass is 10.1. The van der Waals surface area contributed by atoms with E-state index in [1.54, 1.807) is 31.3 Å². The molecule has 1 aromatic carbocycles. The van der Waals surface area contributed by atoms with Gasteiger partial charge in [-0.1, -0.05) is 6.07 Å². The molecule has 0 bridgehead atoms. The number of nitrogens with two attached hydrogens (primary N) is 1. The smallest absolute Gasteiger partial charge is 0.251 e. The van der Waals surface area contributed by atoms with Gasteiger partial charge in [-0.2, -0.15) is 0 Å². The van der Waals surface area contributed by atoms with Crippen LogP contribution in [0, 0.1) is 0 Å². The van der Waals surface area contributed by atoms with E-state index in [0.717, 1.165) is 10.9 Å². The molecule has 2 aromatic rings. The summed E-state index contributed by atoms with van der Waals surface area (Å²) in [7, 11) is 0. The van der Waals surface area contributed by atoms with Crippen LogP contribution in [0.3, 0.4) is 0 Å². The third kappa shape index (κ3) is 3.27. The van der Waals surface area contributed by atoms with Gasteiger partial charge >= 0.3 is 0 Å². The van der Waals surface area contributed by atoms with E-state index < -0.39 is 12.1 Å². The molecule has 2 atom stereocenters. The number of nitrogens with zero attached hydrogens (tertiary/aromatic N) is 1. The van der Waals surface area contributed by atoms with Crippen molar-refractivity contribution < 1.29 is 9.90 Å². The molecule has 100 valence electrons. The number of aliphatic hydroxyl groups is 1. The van der Waals surface area contributed by atoms with Gasteiger partial charge in [0.15, 0.2) is 0 Å². The molecule has 19 heavy (non-hydrogen) atoms. The number of carbonyl (C=O) groups is 1. The zero-order chi connectivity index (χ0) is 13.8. The molecule has 1 amide bonds. The Bertz CT molecular complexity index is 584. The Kier molecular flexibility index (Phi) is 4.09. The molecular formula is C14H17N3O2. The molecule has 5 nitrogen and oxygen atoms in total. The summed E-state index contributed by atoms with van der Waals surface area (Å²) in [6.45, 7) is 1.83. The van der Waals surface area contributed by atoms with Gasteiger partial charge in [0.1, 0.15) is 0 Å². The van der Waals surface area contributed by atoms with E-state index >= 15 is 0 Å². The van der Waals surface area contributed by atoms with Gasteiger partial charge in [0, 0.05) is 29.7 Å². The van der Waals surface area contributed by atoms with E-state index in [9.17, 15) is 9.90 Å². The number of fused-ring (bicyclic) bond motifs is 1. The Morgan fingerprint density at radius 1 is 1.47 bits per heavy atom. The standard InChI is InChI=1S/C14H17N3O2/c1-9(18)12(15)8-17-14(19)11-4-5-13-10(7-11)3-2-6-16-13/h2-7,9,12,18H,8,15H2,1H3,(H,17,19). The number of hydrogen-bond acceptors (Lipinski definition) is 4. The largest absolute Gasteiger partial charge is 0.392 e. The quantitative estimate of drug-likeness (QED) is 0.753. The molecule has 0 aliphatic carbocycles. The highest BCUT2D eigenvalue weighted by atomic mass is 16.3. The molecule has 2 unspecified atom stereocenters. The number of nitrogens with one attached hydrogen (secondary N) is 1. The van der Waals surface area contributed by atoms with Gasteiger partial charge in [-0.15, -0.1) is 0 Å². The van der Waals surface area contributed by atoms with E-state index in [1.807, 2.05) is 12.1 Å². The number of amides is 1. The van der Waals surface area contributed by atoms with Gasteiger partial charge in [-0.25, -0.2) is 0 Å². The maximum Gasteiger partial charge on any atom is 0.251 e. The van der Waals surface area contributed by atoms with Crippen LogP contribution in [0.4, 0.5) is 0 Å².